The Hall–Kier alpha value is -4.01. The highest BCUT2D eigenvalue weighted by atomic mass is 35.5. The van der Waals surface area contributed by atoms with Crippen LogP contribution in [-0.2, 0) is 13.1 Å². The molecule has 1 aliphatic rings. The van der Waals surface area contributed by atoms with Crippen molar-refractivity contribution in [3.8, 4) is 17.1 Å². The summed E-state index contributed by atoms with van der Waals surface area (Å²) in [6, 6.07) is 12.5. The average Bonchev–Trinajstić information content (AvgIpc) is 3.55. The third kappa shape index (κ3) is 6.40. The zero-order valence-corrected chi connectivity index (χ0v) is 23.0. The van der Waals surface area contributed by atoms with Crippen LogP contribution in [-0.4, -0.2) is 64.5 Å². The number of carbonyl (C=O) groups is 1. The Morgan fingerprint density at radius 2 is 1.83 bits per heavy atom. The number of amides is 1. The molecular formula is C27H28ClF3N8O3. The maximum absolute atomic E-state index is 13.2. The van der Waals surface area contributed by atoms with Gasteiger partial charge in [0, 0.05) is 22.7 Å². The molecule has 222 valence electrons. The molecule has 1 amide bonds. The van der Waals surface area contributed by atoms with E-state index >= 15 is 0 Å². The molecule has 1 saturated carbocycles. The molecule has 0 spiro atoms. The number of hydrogen-bond donors (Lipinski definition) is 3. The smallest absolute Gasteiger partial charge is 0.382 e. The number of nitrogens with two attached hydrogens (primary N) is 1. The summed E-state index contributed by atoms with van der Waals surface area (Å²) in [5, 5.41) is 21.7. The predicted molar refractivity (Wildman–Crippen MR) is 147 cm³/mol. The Labute approximate surface area is 242 Å². The molecule has 0 bridgehead atoms. The summed E-state index contributed by atoms with van der Waals surface area (Å²) in [4.78, 5) is 30.5. The van der Waals surface area contributed by atoms with E-state index in [9.17, 15) is 27.9 Å². The van der Waals surface area contributed by atoms with E-state index in [-0.39, 0.29) is 36.2 Å². The van der Waals surface area contributed by atoms with Crippen LogP contribution >= 0.6 is 11.6 Å². The number of alkyl halides is 3. The van der Waals surface area contributed by atoms with Gasteiger partial charge >= 0.3 is 11.9 Å². The predicted octanol–water partition coefficient (Wildman–Crippen LogP) is 2.92. The fourth-order valence-electron chi connectivity index (χ4n) is 4.87. The van der Waals surface area contributed by atoms with E-state index in [0.29, 0.717) is 21.8 Å². The van der Waals surface area contributed by atoms with Crippen molar-refractivity contribution in [2.75, 3.05) is 0 Å². The second kappa shape index (κ2) is 12.1. The number of aliphatic hydroxyl groups is 1. The molecule has 2 heterocycles. The molecule has 15 heteroatoms. The number of nitrogens with one attached hydrogen (secondary N) is 1. The van der Waals surface area contributed by atoms with Crippen LogP contribution in [0.15, 0.2) is 59.7 Å². The molecule has 0 saturated heterocycles. The Bertz CT molecular complexity index is 1620. The van der Waals surface area contributed by atoms with E-state index < -0.39 is 24.5 Å². The SMILES string of the molecule is N[C@@H]1CCCC[C@@H]1NC(=O)c1ccccc1-n1cnc(Cn2nc(-c3ccc(Cl)cc3)n(C[C@H](O)C(F)(F)F)c2=O)n1. The Morgan fingerprint density at radius 3 is 2.55 bits per heavy atom. The van der Waals surface area contributed by atoms with Crippen molar-refractivity contribution in [1.29, 1.82) is 0 Å². The van der Waals surface area contributed by atoms with Crippen LogP contribution in [0.25, 0.3) is 17.1 Å². The zero-order valence-electron chi connectivity index (χ0n) is 22.2. The van der Waals surface area contributed by atoms with Crippen molar-refractivity contribution in [3.05, 3.63) is 81.8 Å². The normalized spacial score (nSPS) is 18.1. The molecule has 42 heavy (non-hydrogen) atoms. The van der Waals surface area contributed by atoms with Crippen LogP contribution < -0.4 is 16.7 Å². The lowest BCUT2D eigenvalue weighted by Gasteiger charge is -2.29. The van der Waals surface area contributed by atoms with Gasteiger partial charge in [0.05, 0.1) is 17.8 Å². The topological polar surface area (TPSA) is 146 Å². The second-order valence-corrected chi connectivity index (χ2v) is 10.5. The number of aliphatic hydroxyl groups excluding tert-OH is 1. The van der Waals surface area contributed by atoms with Gasteiger partial charge in [0.1, 0.15) is 12.9 Å². The Kier molecular flexibility index (Phi) is 8.48. The first-order valence-electron chi connectivity index (χ1n) is 13.3. The van der Waals surface area contributed by atoms with Crippen LogP contribution in [0.4, 0.5) is 13.2 Å². The summed E-state index contributed by atoms with van der Waals surface area (Å²) >= 11 is 5.93. The molecule has 5 rings (SSSR count). The molecule has 2 aromatic carbocycles. The lowest BCUT2D eigenvalue weighted by Crippen LogP contribution is -2.49. The third-order valence-electron chi connectivity index (χ3n) is 7.12. The van der Waals surface area contributed by atoms with Gasteiger partial charge in [0.25, 0.3) is 5.91 Å². The van der Waals surface area contributed by atoms with Crippen LogP contribution in [0, 0.1) is 0 Å². The number of para-hydroxylation sites is 1. The van der Waals surface area contributed by atoms with Gasteiger partial charge in [-0.15, -0.1) is 10.2 Å². The number of carbonyl (C=O) groups excluding carboxylic acids is 1. The summed E-state index contributed by atoms with van der Waals surface area (Å²) in [7, 11) is 0. The van der Waals surface area contributed by atoms with Crippen molar-refractivity contribution < 1.29 is 23.1 Å². The summed E-state index contributed by atoms with van der Waals surface area (Å²) in [5.41, 5.74) is 6.40. The van der Waals surface area contributed by atoms with Gasteiger partial charge in [-0.2, -0.15) is 13.2 Å². The van der Waals surface area contributed by atoms with Crippen LogP contribution in [0.3, 0.4) is 0 Å². The minimum Gasteiger partial charge on any atom is -0.382 e. The molecule has 1 aliphatic carbocycles. The Morgan fingerprint density at radius 1 is 1.12 bits per heavy atom. The number of rotatable bonds is 8. The van der Waals surface area contributed by atoms with Crippen LogP contribution in [0.2, 0.25) is 5.02 Å². The third-order valence-corrected chi connectivity index (χ3v) is 7.37. The van der Waals surface area contributed by atoms with E-state index in [1.807, 2.05) is 0 Å². The molecule has 0 aliphatic heterocycles. The average molecular weight is 605 g/mol. The molecular weight excluding hydrogens is 577 g/mol. The van der Waals surface area contributed by atoms with Crippen molar-refractivity contribution >= 4 is 17.5 Å². The number of halogens is 4. The standard InChI is InChI=1S/C27H28ClF3N8O3/c28-17-11-9-16(10-12-17)24-36-38(26(42)37(24)13-22(40)27(29,30)31)14-23-33-15-39(35-23)21-8-4-1-5-18(21)25(41)34-20-7-3-2-6-19(20)32/h1,4-5,8-12,15,19-20,22,40H,2-3,6-7,13-14,32H2,(H,34,41)/t19-,20+,22+/m1/s1. The number of hydrogen-bond acceptors (Lipinski definition) is 7. The minimum absolute atomic E-state index is 0.0951. The molecule has 4 aromatic rings. The molecule has 3 atom stereocenters. The molecule has 0 unspecified atom stereocenters. The van der Waals surface area contributed by atoms with Crippen LogP contribution in [0.1, 0.15) is 41.9 Å². The van der Waals surface area contributed by atoms with E-state index in [0.717, 1.165) is 34.9 Å². The van der Waals surface area contributed by atoms with E-state index in [4.69, 9.17) is 17.3 Å². The Balaban J connectivity index is 1.42. The maximum atomic E-state index is 13.2. The van der Waals surface area contributed by atoms with Gasteiger partial charge in [-0.25, -0.2) is 19.1 Å². The first-order chi connectivity index (χ1) is 20.0. The molecule has 0 radical (unpaired) electrons. The minimum atomic E-state index is -4.94. The van der Waals surface area contributed by atoms with Gasteiger partial charge in [-0.05, 0) is 49.2 Å². The number of aromatic nitrogens is 6. The van der Waals surface area contributed by atoms with E-state index in [1.54, 1.807) is 24.3 Å². The van der Waals surface area contributed by atoms with Gasteiger partial charge in [0.15, 0.2) is 17.8 Å². The summed E-state index contributed by atoms with van der Waals surface area (Å²) < 4.78 is 42.5. The van der Waals surface area contributed by atoms with Gasteiger partial charge < -0.3 is 16.2 Å². The highest BCUT2D eigenvalue weighted by Gasteiger charge is 2.39. The molecule has 2 aromatic heterocycles. The quantitative estimate of drug-likeness (QED) is 0.280. The summed E-state index contributed by atoms with van der Waals surface area (Å²) in [5.74, 6) is -0.289. The first-order valence-corrected chi connectivity index (χ1v) is 13.6. The van der Waals surface area contributed by atoms with E-state index in [2.05, 4.69) is 20.5 Å². The monoisotopic (exact) mass is 604 g/mol. The highest BCUT2D eigenvalue weighted by molar-refractivity contribution is 6.30. The maximum Gasteiger partial charge on any atom is 0.416 e. The van der Waals surface area contributed by atoms with Gasteiger partial charge in [-0.3, -0.25) is 9.36 Å². The molecule has 1 fully saturated rings. The lowest BCUT2D eigenvalue weighted by atomic mass is 9.91. The summed E-state index contributed by atoms with van der Waals surface area (Å²) in [6.45, 7) is -1.35. The first kappa shape index (κ1) is 29.5. The van der Waals surface area contributed by atoms with Gasteiger partial charge in [-0.1, -0.05) is 36.6 Å². The van der Waals surface area contributed by atoms with Crippen molar-refractivity contribution in [2.24, 2.45) is 5.73 Å². The van der Waals surface area contributed by atoms with E-state index in [1.165, 1.54) is 35.3 Å². The largest absolute Gasteiger partial charge is 0.416 e. The van der Waals surface area contributed by atoms with Gasteiger partial charge in [0.2, 0.25) is 0 Å². The van der Waals surface area contributed by atoms with Crippen molar-refractivity contribution in [2.45, 2.75) is 63.1 Å². The highest BCUT2D eigenvalue weighted by Crippen LogP contribution is 2.24. The van der Waals surface area contributed by atoms with Crippen molar-refractivity contribution in [3.63, 3.8) is 0 Å². The second-order valence-electron chi connectivity index (χ2n) is 10.1. The fourth-order valence-corrected chi connectivity index (χ4v) is 4.99. The molecule has 4 N–H and O–H groups in total. The fraction of sp³-hybridized carbons (Fsp3) is 0.370. The van der Waals surface area contributed by atoms with Crippen LogP contribution in [0.5, 0.6) is 0 Å². The molecule has 11 nitrogen and oxygen atoms in total. The lowest BCUT2D eigenvalue weighted by molar-refractivity contribution is -0.207. The number of benzene rings is 2. The zero-order chi connectivity index (χ0) is 30.0. The van der Waals surface area contributed by atoms with Crippen molar-refractivity contribution in [1.82, 2.24) is 34.4 Å². The number of nitrogens with zero attached hydrogens (tertiary/aromatic N) is 6. The summed E-state index contributed by atoms with van der Waals surface area (Å²) in [6.07, 6.45) is -2.73.